The van der Waals surface area contributed by atoms with Crippen LogP contribution in [0.25, 0.3) is 0 Å². The van der Waals surface area contributed by atoms with Crippen LogP contribution in [0.1, 0.15) is 32.4 Å². The minimum Gasteiger partial charge on any atom is -0.360 e. The van der Waals surface area contributed by atoms with E-state index in [0.717, 1.165) is 30.6 Å². The van der Waals surface area contributed by atoms with Gasteiger partial charge in [0, 0.05) is 18.5 Å². The first-order valence-electron chi connectivity index (χ1n) is 6.68. The number of aryl methyl sites for hydroxylation is 1. The summed E-state index contributed by atoms with van der Waals surface area (Å²) < 4.78 is 0. The van der Waals surface area contributed by atoms with Crippen molar-refractivity contribution < 1.29 is 0 Å². The maximum Gasteiger partial charge on any atom is 0.182 e. The van der Waals surface area contributed by atoms with E-state index in [2.05, 4.69) is 34.4 Å². The summed E-state index contributed by atoms with van der Waals surface area (Å²) in [4.78, 5) is 7.07. The average Bonchev–Trinajstić information content (AvgIpc) is 2.80. The molecule has 1 N–H and O–H groups in total. The normalized spacial score (nSPS) is 18.5. The van der Waals surface area contributed by atoms with Crippen molar-refractivity contribution in [1.29, 1.82) is 0 Å². The number of anilines is 1. The van der Waals surface area contributed by atoms with Crippen molar-refractivity contribution in [3.63, 3.8) is 0 Å². The van der Waals surface area contributed by atoms with Crippen LogP contribution in [0.2, 0.25) is 0 Å². The van der Waals surface area contributed by atoms with Crippen molar-refractivity contribution in [2.45, 2.75) is 33.1 Å². The van der Waals surface area contributed by atoms with E-state index >= 15 is 0 Å². The van der Waals surface area contributed by atoms with Crippen molar-refractivity contribution in [3.8, 4) is 0 Å². The van der Waals surface area contributed by atoms with Gasteiger partial charge in [0.05, 0.1) is 5.69 Å². The Kier molecular flexibility index (Phi) is 4.80. The third kappa shape index (κ3) is 3.96. The number of nitrogens with one attached hydrogen (secondary N) is 1. The van der Waals surface area contributed by atoms with Crippen LogP contribution in [-0.2, 0) is 6.42 Å². The molecule has 3 nitrogen and oxygen atoms in total. The highest BCUT2D eigenvalue weighted by Gasteiger charge is 2.14. The van der Waals surface area contributed by atoms with Crippen LogP contribution >= 0.6 is 11.3 Å². The molecule has 0 bridgehead atoms. The van der Waals surface area contributed by atoms with E-state index in [4.69, 9.17) is 0 Å². The number of nitrogens with zero attached hydrogens (tertiary/aromatic N) is 2. The summed E-state index contributed by atoms with van der Waals surface area (Å²) in [5.74, 6) is 0.922. The van der Waals surface area contributed by atoms with Crippen LogP contribution in [-0.4, -0.2) is 36.1 Å². The smallest absolute Gasteiger partial charge is 0.182 e. The van der Waals surface area contributed by atoms with E-state index in [1.165, 1.54) is 31.6 Å². The fraction of sp³-hybridized carbons (Fsp3) is 0.769. The van der Waals surface area contributed by atoms with Crippen molar-refractivity contribution in [1.82, 2.24) is 9.88 Å². The second-order valence-electron chi connectivity index (χ2n) is 4.95. The van der Waals surface area contributed by atoms with Crippen molar-refractivity contribution in [2.75, 3.05) is 31.5 Å². The molecular weight excluding hydrogens is 230 g/mol. The number of aromatic nitrogens is 1. The second-order valence-corrected chi connectivity index (χ2v) is 5.81. The van der Waals surface area contributed by atoms with E-state index < -0.39 is 0 Å². The molecule has 17 heavy (non-hydrogen) atoms. The molecule has 1 aromatic rings. The Morgan fingerprint density at radius 1 is 1.47 bits per heavy atom. The maximum atomic E-state index is 4.51. The van der Waals surface area contributed by atoms with Crippen LogP contribution in [0.4, 0.5) is 5.13 Å². The first-order chi connectivity index (χ1) is 8.28. The molecule has 0 aliphatic carbocycles. The minimum atomic E-state index is 0.922. The van der Waals surface area contributed by atoms with Crippen molar-refractivity contribution >= 4 is 16.5 Å². The van der Waals surface area contributed by atoms with Crippen LogP contribution in [0.5, 0.6) is 0 Å². The zero-order valence-corrected chi connectivity index (χ0v) is 11.7. The number of hydrogen-bond donors (Lipinski definition) is 1. The average molecular weight is 253 g/mol. The zero-order valence-electron chi connectivity index (χ0n) is 10.9. The van der Waals surface area contributed by atoms with Gasteiger partial charge in [0.25, 0.3) is 0 Å². The fourth-order valence-electron chi connectivity index (χ4n) is 2.16. The van der Waals surface area contributed by atoms with Gasteiger partial charge in [0.15, 0.2) is 5.13 Å². The van der Waals surface area contributed by atoms with Gasteiger partial charge in [-0.25, -0.2) is 4.98 Å². The third-order valence-electron chi connectivity index (χ3n) is 3.49. The largest absolute Gasteiger partial charge is 0.360 e. The first kappa shape index (κ1) is 12.8. The molecule has 1 aliphatic heterocycles. The Bertz CT molecular complexity index is 329. The molecule has 0 unspecified atom stereocenters. The second kappa shape index (κ2) is 6.36. The SMILES string of the molecule is CCc1csc(NCCN2CCC(C)CC2)n1. The lowest BCUT2D eigenvalue weighted by atomic mass is 9.99. The van der Waals surface area contributed by atoms with Gasteiger partial charge >= 0.3 is 0 Å². The van der Waals surface area contributed by atoms with E-state index in [-0.39, 0.29) is 0 Å². The van der Waals surface area contributed by atoms with Gasteiger partial charge in [-0.15, -0.1) is 11.3 Å². The number of likely N-dealkylation sites (tertiary alicyclic amines) is 1. The summed E-state index contributed by atoms with van der Waals surface area (Å²) in [5, 5.41) is 6.64. The molecule has 1 aliphatic rings. The Balaban J connectivity index is 1.65. The van der Waals surface area contributed by atoms with Gasteiger partial charge in [-0.1, -0.05) is 13.8 Å². The Hall–Kier alpha value is -0.610. The lowest BCUT2D eigenvalue weighted by Crippen LogP contribution is -2.36. The molecule has 2 heterocycles. The van der Waals surface area contributed by atoms with Gasteiger partial charge in [-0.3, -0.25) is 0 Å². The Morgan fingerprint density at radius 3 is 2.88 bits per heavy atom. The van der Waals surface area contributed by atoms with E-state index in [1.807, 2.05) is 0 Å². The van der Waals surface area contributed by atoms with E-state index in [0.29, 0.717) is 0 Å². The highest BCUT2D eigenvalue weighted by atomic mass is 32.1. The molecule has 0 saturated carbocycles. The molecule has 2 rings (SSSR count). The number of hydrogen-bond acceptors (Lipinski definition) is 4. The first-order valence-corrected chi connectivity index (χ1v) is 7.56. The molecule has 0 aromatic carbocycles. The molecule has 4 heteroatoms. The summed E-state index contributed by atoms with van der Waals surface area (Å²) in [6.45, 7) is 9.20. The minimum absolute atomic E-state index is 0.922. The zero-order chi connectivity index (χ0) is 12.1. The van der Waals surface area contributed by atoms with E-state index in [1.54, 1.807) is 11.3 Å². The lowest BCUT2D eigenvalue weighted by molar-refractivity contribution is 0.199. The predicted octanol–water partition coefficient (Wildman–Crippen LogP) is 2.85. The topological polar surface area (TPSA) is 28.2 Å². The molecular formula is C13H23N3S. The van der Waals surface area contributed by atoms with Gasteiger partial charge in [0.2, 0.25) is 0 Å². The monoisotopic (exact) mass is 253 g/mol. The Morgan fingerprint density at radius 2 is 2.24 bits per heavy atom. The molecule has 0 spiro atoms. The molecule has 96 valence electrons. The standard InChI is InChI=1S/C13H23N3S/c1-3-12-10-17-13(15-12)14-6-9-16-7-4-11(2)5-8-16/h10-11H,3-9H2,1-2H3,(H,14,15). The van der Waals surface area contributed by atoms with Gasteiger partial charge in [-0.05, 0) is 38.3 Å². The number of piperidine rings is 1. The van der Waals surface area contributed by atoms with Crippen molar-refractivity contribution in [3.05, 3.63) is 11.1 Å². The van der Waals surface area contributed by atoms with Crippen LogP contribution in [0, 0.1) is 5.92 Å². The van der Waals surface area contributed by atoms with Crippen LogP contribution in [0.15, 0.2) is 5.38 Å². The van der Waals surface area contributed by atoms with Gasteiger partial charge in [-0.2, -0.15) is 0 Å². The number of rotatable bonds is 5. The summed E-state index contributed by atoms with van der Waals surface area (Å²) in [5.41, 5.74) is 1.20. The molecule has 1 fully saturated rings. The van der Waals surface area contributed by atoms with Crippen LogP contribution < -0.4 is 5.32 Å². The highest BCUT2D eigenvalue weighted by Crippen LogP contribution is 2.17. The maximum absolute atomic E-state index is 4.51. The molecule has 1 aromatic heterocycles. The summed E-state index contributed by atoms with van der Waals surface area (Å²) in [7, 11) is 0. The Labute approximate surface area is 108 Å². The fourth-order valence-corrected chi connectivity index (χ4v) is 2.98. The lowest BCUT2D eigenvalue weighted by Gasteiger charge is -2.30. The molecule has 0 amide bonds. The molecule has 0 radical (unpaired) electrons. The van der Waals surface area contributed by atoms with Crippen LogP contribution in [0.3, 0.4) is 0 Å². The highest BCUT2D eigenvalue weighted by molar-refractivity contribution is 7.13. The van der Waals surface area contributed by atoms with Gasteiger partial charge < -0.3 is 10.2 Å². The summed E-state index contributed by atoms with van der Waals surface area (Å²) in [6.07, 6.45) is 3.75. The van der Waals surface area contributed by atoms with Crippen molar-refractivity contribution in [2.24, 2.45) is 5.92 Å². The van der Waals surface area contributed by atoms with E-state index in [9.17, 15) is 0 Å². The summed E-state index contributed by atoms with van der Waals surface area (Å²) in [6, 6.07) is 0. The third-order valence-corrected chi connectivity index (χ3v) is 4.34. The summed E-state index contributed by atoms with van der Waals surface area (Å²) >= 11 is 1.72. The molecule has 0 atom stereocenters. The quantitative estimate of drug-likeness (QED) is 0.874. The van der Waals surface area contributed by atoms with Gasteiger partial charge in [0.1, 0.15) is 0 Å². The molecule has 1 saturated heterocycles. The predicted molar refractivity (Wildman–Crippen MR) is 74.8 cm³/mol. The number of thiazole rings is 1.